The van der Waals surface area contributed by atoms with E-state index in [1.54, 1.807) is 0 Å². The molecule has 0 bridgehead atoms. The van der Waals surface area contributed by atoms with Gasteiger partial charge >= 0.3 is 0 Å². The summed E-state index contributed by atoms with van der Waals surface area (Å²) >= 11 is 0. The van der Waals surface area contributed by atoms with E-state index in [1.807, 2.05) is 18.2 Å². The lowest BCUT2D eigenvalue weighted by atomic mass is 10.1. The first-order valence-electron chi connectivity index (χ1n) is 7.15. The number of carbonyl (C=O) groups excluding carboxylic acids is 1. The molecule has 0 spiro atoms. The minimum Gasteiger partial charge on any atom is -0.482 e. The van der Waals surface area contributed by atoms with Crippen LogP contribution in [0.5, 0.6) is 5.75 Å². The molecular weight excluding hydrogens is 256 g/mol. The van der Waals surface area contributed by atoms with Gasteiger partial charge in [0.25, 0.3) is 5.91 Å². The van der Waals surface area contributed by atoms with Crippen molar-refractivity contribution in [3.05, 3.63) is 23.8 Å². The summed E-state index contributed by atoms with van der Waals surface area (Å²) in [6, 6.07) is 5.85. The smallest absolute Gasteiger partial charge is 0.262 e. The monoisotopic (exact) mass is 276 g/mol. The number of aliphatic hydroxyl groups excluding tert-OH is 1. The number of aliphatic hydroxyl groups is 1. The van der Waals surface area contributed by atoms with E-state index in [9.17, 15) is 9.90 Å². The Hall–Kier alpha value is -1.59. The molecular formula is C15H20N2O3. The molecule has 2 atom stereocenters. The molecule has 20 heavy (non-hydrogen) atoms. The van der Waals surface area contributed by atoms with Crippen LogP contribution in [-0.4, -0.2) is 30.3 Å². The Labute approximate surface area is 118 Å². The molecule has 0 radical (unpaired) electrons. The second kappa shape index (κ2) is 5.81. The van der Waals surface area contributed by atoms with E-state index in [4.69, 9.17) is 4.74 Å². The third kappa shape index (κ3) is 3.11. The summed E-state index contributed by atoms with van der Waals surface area (Å²) in [5.41, 5.74) is 1.87. The molecule has 3 N–H and O–H groups in total. The third-order valence-corrected chi connectivity index (χ3v) is 3.95. The maximum Gasteiger partial charge on any atom is 0.262 e. The highest BCUT2D eigenvalue weighted by atomic mass is 16.5. The quantitative estimate of drug-likeness (QED) is 0.774. The summed E-state index contributed by atoms with van der Waals surface area (Å²) in [6.07, 6.45) is 2.82. The van der Waals surface area contributed by atoms with Crippen LogP contribution in [0.2, 0.25) is 0 Å². The van der Waals surface area contributed by atoms with Gasteiger partial charge < -0.3 is 20.5 Å². The maximum atomic E-state index is 11.3. The number of rotatable bonds is 4. The highest BCUT2D eigenvalue weighted by molar-refractivity contribution is 5.95. The van der Waals surface area contributed by atoms with E-state index < -0.39 is 0 Å². The molecule has 5 nitrogen and oxygen atoms in total. The Morgan fingerprint density at radius 3 is 3.10 bits per heavy atom. The molecule has 1 aliphatic carbocycles. The molecule has 0 saturated heterocycles. The summed E-state index contributed by atoms with van der Waals surface area (Å²) in [4.78, 5) is 11.3. The highest BCUT2D eigenvalue weighted by Gasteiger charge is 2.22. The van der Waals surface area contributed by atoms with Crippen molar-refractivity contribution < 1.29 is 14.6 Å². The van der Waals surface area contributed by atoms with Crippen molar-refractivity contribution in [2.75, 3.05) is 18.5 Å². The molecule has 108 valence electrons. The molecule has 1 fully saturated rings. The SMILES string of the molecule is O=C1COc2ccc(CNCC3CCC(O)C3)cc2N1. The summed E-state index contributed by atoms with van der Waals surface area (Å²) in [7, 11) is 0. The molecule has 1 heterocycles. The normalized spacial score (nSPS) is 24.9. The van der Waals surface area contributed by atoms with E-state index in [0.29, 0.717) is 5.92 Å². The average Bonchev–Trinajstić information content (AvgIpc) is 2.84. The topological polar surface area (TPSA) is 70.6 Å². The summed E-state index contributed by atoms with van der Waals surface area (Å²) in [6.45, 7) is 1.78. The molecule has 1 aromatic rings. The molecule has 1 aliphatic heterocycles. The lowest BCUT2D eigenvalue weighted by molar-refractivity contribution is -0.118. The first-order valence-corrected chi connectivity index (χ1v) is 7.15. The van der Waals surface area contributed by atoms with Crippen LogP contribution in [0.4, 0.5) is 5.69 Å². The lowest BCUT2D eigenvalue weighted by Crippen LogP contribution is -2.26. The van der Waals surface area contributed by atoms with Gasteiger partial charge in [-0.05, 0) is 49.4 Å². The molecule has 3 rings (SSSR count). The molecule has 2 aliphatic rings. The Bertz CT molecular complexity index is 504. The summed E-state index contributed by atoms with van der Waals surface area (Å²) in [5.74, 6) is 1.19. The first kappa shape index (κ1) is 13.4. The zero-order valence-electron chi connectivity index (χ0n) is 11.4. The largest absolute Gasteiger partial charge is 0.482 e. The summed E-state index contributed by atoms with van der Waals surface area (Å²) < 4.78 is 5.33. The lowest BCUT2D eigenvalue weighted by Gasteiger charge is -2.19. The van der Waals surface area contributed by atoms with Gasteiger partial charge in [-0.3, -0.25) is 4.79 Å². The molecule has 5 heteroatoms. The molecule has 0 aromatic heterocycles. The van der Waals surface area contributed by atoms with Crippen molar-refractivity contribution in [3.8, 4) is 5.75 Å². The van der Waals surface area contributed by atoms with Crippen LogP contribution in [-0.2, 0) is 11.3 Å². The number of hydrogen-bond acceptors (Lipinski definition) is 4. The molecule has 1 aromatic carbocycles. The molecule has 1 amide bonds. The van der Waals surface area contributed by atoms with Crippen molar-refractivity contribution in [2.45, 2.75) is 31.9 Å². The van der Waals surface area contributed by atoms with Crippen LogP contribution < -0.4 is 15.4 Å². The Balaban J connectivity index is 1.53. The van der Waals surface area contributed by atoms with E-state index in [-0.39, 0.29) is 18.6 Å². The zero-order valence-corrected chi connectivity index (χ0v) is 11.4. The van der Waals surface area contributed by atoms with Crippen molar-refractivity contribution in [1.29, 1.82) is 0 Å². The average molecular weight is 276 g/mol. The predicted octanol–water partition coefficient (Wildman–Crippen LogP) is 1.27. The van der Waals surface area contributed by atoms with Gasteiger partial charge in [-0.15, -0.1) is 0 Å². The first-order chi connectivity index (χ1) is 9.70. The number of carbonyl (C=O) groups is 1. The Kier molecular flexibility index (Phi) is 3.89. The fraction of sp³-hybridized carbons (Fsp3) is 0.533. The van der Waals surface area contributed by atoms with E-state index in [1.165, 1.54) is 0 Å². The fourth-order valence-electron chi connectivity index (χ4n) is 2.89. The van der Waals surface area contributed by atoms with Gasteiger partial charge in [-0.2, -0.15) is 0 Å². The van der Waals surface area contributed by atoms with E-state index in [0.717, 1.165) is 49.4 Å². The van der Waals surface area contributed by atoms with Crippen molar-refractivity contribution in [2.24, 2.45) is 5.92 Å². The van der Waals surface area contributed by atoms with E-state index >= 15 is 0 Å². The molecule has 2 unspecified atom stereocenters. The number of hydrogen-bond donors (Lipinski definition) is 3. The third-order valence-electron chi connectivity index (χ3n) is 3.95. The Morgan fingerprint density at radius 2 is 2.30 bits per heavy atom. The molecule has 1 saturated carbocycles. The number of benzene rings is 1. The van der Waals surface area contributed by atoms with Gasteiger partial charge in [0.1, 0.15) is 5.75 Å². The highest BCUT2D eigenvalue weighted by Crippen LogP contribution is 2.28. The fourth-order valence-corrected chi connectivity index (χ4v) is 2.89. The minimum atomic E-state index is -0.113. The van der Waals surface area contributed by atoms with Crippen molar-refractivity contribution in [3.63, 3.8) is 0 Å². The van der Waals surface area contributed by atoms with E-state index in [2.05, 4.69) is 10.6 Å². The van der Waals surface area contributed by atoms with Gasteiger partial charge in [-0.25, -0.2) is 0 Å². The number of anilines is 1. The number of amides is 1. The van der Waals surface area contributed by atoms with Gasteiger partial charge in [0.15, 0.2) is 6.61 Å². The van der Waals surface area contributed by atoms with Gasteiger partial charge in [0.05, 0.1) is 11.8 Å². The van der Waals surface area contributed by atoms with Crippen LogP contribution in [0.3, 0.4) is 0 Å². The number of fused-ring (bicyclic) bond motifs is 1. The Morgan fingerprint density at radius 1 is 1.40 bits per heavy atom. The van der Waals surface area contributed by atoms with Gasteiger partial charge in [-0.1, -0.05) is 6.07 Å². The van der Waals surface area contributed by atoms with Crippen molar-refractivity contribution in [1.82, 2.24) is 5.32 Å². The standard InChI is InChI=1S/C15H20N2O3/c18-12-3-1-10(5-12)7-16-8-11-2-4-14-13(6-11)17-15(19)9-20-14/h2,4,6,10,12,16,18H,1,3,5,7-9H2,(H,17,19). The second-order valence-corrected chi connectivity index (χ2v) is 5.63. The second-order valence-electron chi connectivity index (χ2n) is 5.63. The van der Waals surface area contributed by atoms with Crippen LogP contribution in [0.15, 0.2) is 18.2 Å². The summed E-state index contributed by atoms with van der Waals surface area (Å²) in [5, 5.41) is 15.7. The van der Waals surface area contributed by atoms with Crippen LogP contribution in [0.25, 0.3) is 0 Å². The van der Waals surface area contributed by atoms with Crippen molar-refractivity contribution >= 4 is 11.6 Å². The minimum absolute atomic E-state index is 0.0919. The number of ether oxygens (including phenoxy) is 1. The van der Waals surface area contributed by atoms with Gasteiger partial charge in [0, 0.05) is 6.54 Å². The predicted molar refractivity (Wildman–Crippen MR) is 75.6 cm³/mol. The van der Waals surface area contributed by atoms with Gasteiger partial charge in [0.2, 0.25) is 0 Å². The number of nitrogens with one attached hydrogen (secondary N) is 2. The maximum absolute atomic E-state index is 11.3. The van der Waals surface area contributed by atoms with Crippen LogP contribution in [0.1, 0.15) is 24.8 Å². The van der Waals surface area contributed by atoms with Crippen LogP contribution >= 0.6 is 0 Å². The zero-order chi connectivity index (χ0) is 13.9. The van der Waals surface area contributed by atoms with Crippen LogP contribution in [0, 0.1) is 5.92 Å².